The molecule has 146 valence electrons. The monoisotopic (exact) mass is 402 g/mol. The molecule has 1 atom stereocenters. The van der Waals surface area contributed by atoms with Crippen molar-refractivity contribution in [3.8, 4) is 0 Å². The maximum Gasteiger partial charge on any atom is 0.392 e. The quantitative estimate of drug-likeness (QED) is 0.532. The number of hydrogen-bond acceptors (Lipinski definition) is 4. The molecule has 1 aromatic heterocycles. The summed E-state index contributed by atoms with van der Waals surface area (Å²) in [6, 6.07) is 5.23. The summed E-state index contributed by atoms with van der Waals surface area (Å²) in [5.41, 5.74) is 4.94. The van der Waals surface area contributed by atoms with Gasteiger partial charge in [-0.05, 0) is 30.0 Å². The van der Waals surface area contributed by atoms with Crippen LogP contribution < -0.4 is 10.4 Å². The van der Waals surface area contributed by atoms with Crippen molar-refractivity contribution in [3.63, 3.8) is 0 Å². The van der Waals surface area contributed by atoms with Gasteiger partial charge in [-0.25, -0.2) is 10.5 Å². The van der Waals surface area contributed by atoms with Gasteiger partial charge in [0, 0.05) is 30.8 Å². The summed E-state index contributed by atoms with van der Waals surface area (Å²) in [5.74, 6) is -1.40. The number of alkyl halides is 3. The fourth-order valence-electron chi connectivity index (χ4n) is 3.74. The lowest BCUT2D eigenvalue weighted by molar-refractivity contribution is -0.177. The Morgan fingerprint density at radius 3 is 2.81 bits per heavy atom. The normalized spacial score (nSPS) is 18.5. The summed E-state index contributed by atoms with van der Waals surface area (Å²) in [6.45, 7) is 0.894. The maximum absolute atomic E-state index is 13.0. The fraction of sp³-hybridized carbons (Fsp3) is 0.412. The van der Waals surface area contributed by atoms with E-state index >= 15 is 0 Å². The number of nitrogens with one attached hydrogen (secondary N) is 2. The standard InChI is InChI=1S/C17H17F3N4O2.ClH/c18-17(19,20)10-4-5-13-14(6-10)22-16(21-13)24-7-9-2-1-3-11(12(9)8-24)15(25)23-26;/h1-3,10,26H,4-8H2,(H,21,22)(H,23,25);1H/t10-;/m0./s1. The van der Waals surface area contributed by atoms with Gasteiger partial charge >= 0.3 is 6.18 Å². The van der Waals surface area contributed by atoms with Crippen LogP contribution in [0.25, 0.3) is 0 Å². The second kappa shape index (κ2) is 7.05. The Morgan fingerprint density at radius 1 is 1.33 bits per heavy atom. The summed E-state index contributed by atoms with van der Waals surface area (Å²) in [4.78, 5) is 21.2. The number of fused-ring (bicyclic) bond motifs is 2. The van der Waals surface area contributed by atoms with Gasteiger partial charge in [0.15, 0.2) is 0 Å². The van der Waals surface area contributed by atoms with Gasteiger partial charge in [-0.2, -0.15) is 13.2 Å². The van der Waals surface area contributed by atoms with Crippen molar-refractivity contribution in [1.29, 1.82) is 0 Å². The first-order valence-corrected chi connectivity index (χ1v) is 8.31. The smallest absolute Gasteiger partial charge is 0.334 e. The Balaban J connectivity index is 0.00000210. The van der Waals surface area contributed by atoms with Crippen LogP contribution in [0.15, 0.2) is 18.2 Å². The first-order valence-electron chi connectivity index (χ1n) is 8.31. The number of aromatic nitrogens is 2. The largest absolute Gasteiger partial charge is 0.392 e. The molecule has 6 nitrogen and oxygen atoms in total. The van der Waals surface area contributed by atoms with Crippen molar-refractivity contribution in [1.82, 2.24) is 15.4 Å². The molecule has 0 fully saturated rings. The highest BCUT2D eigenvalue weighted by Crippen LogP contribution is 2.38. The lowest BCUT2D eigenvalue weighted by Gasteiger charge is -2.23. The van der Waals surface area contributed by atoms with Crippen molar-refractivity contribution < 1.29 is 23.2 Å². The maximum atomic E-state index is 13.0. The van der Waals surface area contributed by atoms with Crippen molar-refractivity contribution in [2.45, 2.75) is 38.5 Å². The number of hydroxylamine groups is 1. The Labute approximate surface area is 159 Å². The number of halogens is 4. The Hall–Kier alpha value is -2.26. The molecular weight excluding hydrogens is 385 g/mol. The molecule has 1 aromatic carbocycles. The van der Waals surface area contributed by atoms with Gasteiger partial charge in [0.25, 0.3) is 5.91 Å². The highest BCUT2D eigenvalue weighted by molar-refractivity contribution is 5.95. The second-order valence-electron chi connectivity index (χ2n) is 6.71. The van der Waals surface area contributed by atoms with Crippen LogP contribution in [0.3, 0.4) is 0 Å². The molecule has 0 saturated heterocycles. The number of H-pyrrole nitrogens is 1. The highest BCUT2D eigenvalue weighted by atomic mass is 35.5. The molecule has 0 spiro atoms. The van der Waals surface area contributed by atoms with Gasteiger partial charge in [-0.15, -0.1) is 12.4 Å². The van der Waals surface area contributed by atoms with Gasteiger partial charge in [0.2, 0.25) is 5.95 Å². The first kappa shape index (κ1) is 19.5. The molecule has 3 N–H and O–H groups in total. The lowest BCUT2D eigenvalue weighted by atomic mass is 9.89. The minimum absolute atomic E-state index is 0. The summed E-state index contributed by atoms with van der Waals surface area (Å²) in [6.07, 6.45) is -3.92. The molecule has 0 bridgehead atoms. The second-order valence-corrected chi connectivity index (χ2v) is 6.71. The number of benzene rings is 1. The van der Waals surface area contributed by atoms with E-state index in [-0.39, 0.29) is 25.2 Å². The van der Waals surface area contributed by atoms with E-state index in [0.29, 0.717) is 42.4 Å². The first-order chi connectivity index (χ1) is 12.4. The number of carbonyl (C=O) groups is 1. The number of nitrogens with zero attached hydrogens (tertiary/aromatic N) is 2. The molecule has 4 rings (SSSR count). The predicted molar refractivity (Wildman–Crippen MR) is 93.0 cm³/mol. The third-order valence-corrected chi connectivity index (χ3v) is 5.12. The van der Waals surface area contributed by atoms with Gasteiger partial charge in [-0.3, -0.25) is 10.0 Å². The van der Waals surface area contributed by atoms with Crippen LogP contribution in [0.4, 0.5) is 19.1 Å². The molecular formula is C17H18ClF3N4O2. The number of rotatable bonds is 2. The molecule has 0 radical (unpaired) electrons. The Morgan fingerprint density at radius 2 is 2.11 bits per heavy atom. The third-order valence-electron chi connectivity index (χ3n) is 5.12. The van der Waals surface area contributed by atoms with E-state index in [1.165, 1.54) is 0 Å². The van der Waals surface area contributed by atoms with E-state index in [9.17, 15) is 18.0 Å². The van der Waals surface area contributed by atoms with E-state index in [2.05, 4.69) is 9.97 Å². The average molecular weight is 403 g/mol. The predicted octanol–water partition coefficient (Wildman–Crippen LogP) is 3.14. The van der Waals surface area contributed by atoms with Crippen molar-refractivity contribution in [2.24, 2.45) is 5.92 Å². The number of imidazole rings is 1. The summed E-state index contributed by atoms with van der Waals surface area (Å²) < 4.78 is 38.9. The van der Waals surface area contributed by atoms with Crippen molar-refractivity contribution in [2.75, 3.05) is 4.90 Å². The van der Waals surface area contributed by atoms with Gasteiger partial charge in [0.05, 0.1) is 11.6 Å². The van der Waals surface area contributed by atoms with E-state index < -0.39 is 18.0 Å². The molecule has 27 heavy (non-hydrogen) atoms. The van der Waals surface area contributed by atoms with Gasteiger partial charge < -0.3 is 9.88 Å². The van der Waals surface area contributed by atoms with E-state index in [0.717, 1.165) is 11.1 Å². The van der Waals surface area contributed by atoms with Crippen LogP contribution in [0.2, 0.25) is 0 Å². The zero-order valence-corrected chi connectivity index (χ0v) is 15.0. The van der Waals surface area contributed by atoms with Crippen LogP contribution in [-0.4, -0.2) is 27.3 Å². The van der Waals surface area contributed by atoms with Crippen LogP contribution in [-0.2, 0) is 25.9 Å². The number of hydrogen-bond donors (Lipinski definition) is 3. The summed E-state index contributed by atoms with van der Waals surface area (Å²) in [7, 11) is 0. The topological polar surface area (TPSA) is 81.2 Å². The molecule has 2 aliphatic rings. The average Bonchev–Trinajstić information content (AvgIpc) is 3.22. The molecule has 2 aromatic rings. The zero-order valence-electron chi connectivity index (χ0n) is 14.1. The zero-order chi connectivity index (χ0) is 18.5. The molecule has 1 aliphatic carbocycles. The third kappa shape index (κ3) is 3.49. The van der Waals surface area contributed by atoms with E-state index in [1.54, 1.807) is 17.6 Å². The summed E-state index contributed by atoms with van der Waals surface area (Å²) in [5, 5.41) is 8.88. The number of aryl methyl sites for hydroxylation is 1. The van der Waals surface area contributed by atoms with Gasteiger partial charge in [-0.1, -0.05) is 12.1 Å². The number of aromatic amines is 1. The van der Waals surface area contributed by atoms with Crippen molar-refractivity contribution >= 4 is 24.3 Å². The van der Waals surface area contributed by atoms with Crippen LogP contribution in [0.1, 0.15) is 39.3 Å². The molecule has 0 saturated carbocycles. The van der Waals surface area contributed by atoms with Crippen LogP contribution >= 0.6 is 12.4 Å². The number of amides is 1. The van der Waals surface area contributed by atoms with Gasteiger partial charge in [0.1, 0.15) is 0 Å². The minimum atomic E-state index is -4.20. The highest BCUT2D eigenvalue weighted by Gasteiger charge is 2.42. The minimum Gasteiger partial charge on any atom is -0.334 e. The molecule has 2 heterocycles. The molecule has 10 heteroatoms. The van der Waals surface area contributed by atoms with Crippen molar-refractivity contribution in [3.05, 3.63) is 46.3 Å². The Bertz CT molecular complexity index is 868. The molecule has 0 unspecified atom stereocenters. The fourth-order valence-corrected chi connectivity index (χ4v) is 3.74. The molecule has 1 amide bonds. The van der Waals surface area contributed by atoms with E-state index in [4.69, 9.17) is 5.21 Å². The SMILES string of the molecule is Cl.O=C(NO)c1cccc2c1CN(c1nc3c([nH]1)C[C@@H](C(F)(F)F)CC3)C2. The Kier molecular flexibility index (Phi) is 5.09. The van der Waals surface area contributed by atoms with E-state index in [1.807, 2.05) is 11.0 Å². The molecule has 1 aliphatic heterocycles. The van der Waals surface area contributed by atoms with Crippen LogP contribution in [0, 0.1) is 5.92 Å². The number of anilines is 1. The summed E-state index contributed by atoms with van der Waals surface area (Å²) >= 11 is 0. The van der Waals surface area contributed by atoms with Crippen LogP contribution in [0.5, 0.6) is 0 Å². The lowest BCUT2D eigenvalue weighted by Crippen LogP contribution is -2.28. The number of carbonyl (C=O) groups excluding carboxylic acids is 1.